The van der Waals surface area contributed by atoms with Gasteiger partial charge in [-0.15, -0.1) is 0 Å². The predicted molar refractivity (Wildman–Crippen MR) is 118 cm³/mol. The summed E-state index contributed by atoms with van der Waals surface area (Å²) >= 11 is 0. The standard InChI is InChI=1S/C19H42B2P2/c1-16(2,3)13-18(7,8)22(11,20)15-23(12,21)19(9,10)14-17(4,5)6/h13-15H2,1-12H3. The summed E-state index contributed by atoms with van der Waals surface area (Å²) in [5.74, 6) is 1.05. The predicted octanol–water partition coefficient (Wildman–Crippen LogP) is 6.84. The van der Waals surface area contributed by atoms with Crippen molar-refractivity contribution >= 4 is 29.4 Å². The van der Waals surface area contributed by atoms with Crippen molar-refractivity contribution in [2.75, 3.05) is 19.2 Å². The Bertz CT molecular complexity index is 359. The summed E-state index contributed by atoms with van der Waals surface area (Å²) in [7, 11) is 10.8. The number of hydrogen-bond donors (Lipinski definition) is 0. The van der Waals surface area contributed by atoms with Crippen molar-refractivity contribution in [3.63, 3.8) is 0 Å². The maximum absolute atomic E-state index is 7.01. The molecule has 0 saturated heterocycles. The lowest BCUT2D eigenvalue weighted by Gasteiger charge is -2.58. The normalized spacial score (nSPS) is 20.1. The van der Waals surface area contributed by atoms with Crippen LogP contribution in [0.1, 0.15) is 82.1 Å². The van der Waals surface area contributed by atoms with E-state index in [2.05, 4.69) is 82.6 Å². The number of rotatable bonds is 6. The monoisotopic (exact) mass is 354 g/mol. The SMILES string of the molecule is [B-][P+](C)(C[P+]([B-])(C)C(C)(C)CC(C)(C)C)C(C)(C)CC(C)(C)C. The third kappa shape index (κ3) is 7.40. The smallest absolute Gasteiger partial charge is 0.0655 e. The van der Waals surface area contributed by atoms with Crippen molar-refractivity contribution in [3.05, 3.63) is 0 Å². The molecule has 134 valence electrons. The average molecular weight is 354 g/mol. The second kappa shape index (κ2) is 6.95. The fourth-order valence-electron chi connectivity index (χ4n) is 3.95. The zero-order chi connectivity index (χ0) is 19.1. The minimum absolute atomic E-state index is 0.170. The lowest BCUT2D eigenvalue weighted by Crippen LogP contribution is -2.36. The van der Waals surface area contributed by atoms with Crippen LogP contribution in [0.5, 0.6) is 0 Å². The molecule has 0 aliphatic carbocycles. The molecule has 2 atom stereocenters. The van der Waals surface area contributed by atoms with E-state index in [1.807, 2.05) is 0 Å². The molecule has 0 spiro atoms. The fourth-order valence-corrected chi connectivity index (χ4v) is 13.6. The first-order valence-corrected chi connectivity index (χ1v) is 13.9. The summed E-state index contributed by atoms with van der Waals surface area (Å²) in [6.07, 6.45) is 2.31. The van der Waals surface area contributed by atoms with Gasteiger partial charge in [0.25, 0.3) is 0 Å². The van der Waals surface area contributed by atoms with Gasteiger partial charge in [0.1, 0.15) is 0 Å². The van der Waals surface area contributed by atoms with Crippen molar-refractivity contribution in [1.82, 2.24) is 0 Å². The summed E-state index contributed by atoms with van der Waals surface area (Å²) in [5, 5.41) is 0.341. The van der Waals surface area contributed by atoms with Crippen LogP contribution >= 0.6 is 14.3 Å². The Morgan fingerprint density at radius 3 is 0.957 bits per heavy atom. The molecule has 4 heteroatoms. The van der Waals surface area contributed by atoms with E-state index < -0.39 is 14.3 Å². The van der Waals surface area contributed by atoms with E-state index in [0.29, 0.717) is 10.8 Å². The van der Waals surface area contributed by atoms with E-state index in [1.165, 1.54) is 0 Å². The molecular formula is C19H42B2P2. The zero-order valence-corrected chi connectivity index (χ0v) is 20.0. The summed E-state index contributed by atoms with van der Waals surface area (Å²) in [6, 6.07) is 0. The lowest BCUT2D eigenvalue weighted by molar-refractivity contribution is 0.334. The first kappa shape index (κ1) is 24.0. The van der Waals surface area contributed by atoms with E-state index in [-0.39, 0.29) is 10.3 Å². The quantitative estimate of drug-likeness (QED) is 0.362. The molecule has 0 aliphatic heterocycles. The van der Waals surface area contributed by atoms with Crippen LogP contribution in [-0.2, 0) is 0 Å². The summed E-state index contributed by atoms with van der Waals surface area (Å²) in [4.78, 5) is 0. The molecule has 2 unspecified atom stereocenters. The van der Waals surface area contributed by atoms with E-state index in [1.54, 1.807) is 0 Å². The highest BCUT2D eigenvalue weighted by atomic mass is 31.2. The third-order valence-corrected chi connectivity index (χ3v) is 15.8. The molecule has 23 heavy (non-hydrogen) atoms. The molecule has 0 aromatic carbocycles. The van der Waals surface area contributed by atoms with Gasteiger partial charge in [-0.05, 0) is 51.4 Å². The van der Waals surface area contributed by atoms with Crippen LogP contribution in [0.25, 0.3) is 0 Å². The molecule has 0 saturated carbocycles. The van der Waals surface area contributed by atoms with E-state index in [4.69, 9.17) is 15.1 Å². The lowest BCUT2D eigenvalue weighted by atomic mass is 9.86. The molecule has 0 amide bonds. The molecule has 0 nitrogen and oxygen atoms in total. The van der Waals surface area contributed by atoms with Gasteiger partial charge in [-0.2, -0.15) is 0 Å². The third-order valence-electron chi connectivity index (χ3n) is 5.28. The molecule has 0 rings (SSSR count). The summed E-state index contributed by atoms with van der Waals surface area (Å²) in [5.41, 5.74) is 0.600. The maximum Gasteiger partial charge on any atom is 0.0655 e. The van der Waals surface area contributed by atoms with E-state index >= 15 is 0 Å². The Kier molecular flexibility index (Phi) is 7.25. The molecule has 0 aromatic heterocycles. The number of hydrogen-bond acceptors (Lipinski definition) is 0. The molecule has 0 heterocycles. The van der Waals surface area contributed by atoms with Gasteiger partial charge in [0.15, 0.2) is 0 Å². The van der Waals surface area contributed by atoms with Crippen LogP contribution in [0.2, 0.25) is 0 Å². The van der Waals surface area contributed by atoms with Crippen LogP contribution in [-0.4, -0.2) is 44.7 Å². The molecule has 0 aliphatic rings. The first-order valence-electron chi connectivity index (χ1n) is 8.90. The van der Waals surface area contributed by atoms with Crippen molar-refractivity contribution < 1.29 is 0 Å². The van der Waals surface area contributed by atoms with Gasteiger partial charge >= 0.3 is 0 Å². The van der Waals surface area contributed by atoms with Crippen molar-refractivity contribution in [2.45, 2.75) is 92.4 Å². The maximum atomic E-state index is 7.01. The van der Waals surface area contributed by atoms with E-state index in [9.17, 15) is 0 Å². The van der Waals surface area contributed by atoms with Crippen molar-refractivity contribution in [3.8, 4) is 0 Å². The van der Waals surface area contributed by atoms with Crippen LogP contribution in [0.3, 0.4) is 0 Å². The van der Waals surface area contributed by atoms with Crippen molar-refractivity contribution in [1.29, 1.82) is 0 Å². The highest BCUT2D eigenvalue weighted by Crippen LogP contribution is 2.78. The zero-order valence-electron chi connectivity index (χ0n) is 18.2. The van der Waals surface area contributed by atoms with Gasteiger partial charge in [-0.3, -0.25) is 0 Å². The second-order valence-corrected chi connectivity index (χ2v) is 20.4. The van der Waals surface area contributed by atoms with Gasteiger partial charge in [0.05, 0.1) is 5.90 Å². The van der Waals surface area contributed by atoms with Crippen LogP contribution < -0.4 is 0 Å². The molecule has 6 radical (unpaired) electrons. The molecule has 0 N–H and O–H groups in total. The Morgan fingerprint density at radius 2 is 0.783 bits per heavy atom. The highest BCUT2D eigenvalue weighted by Gasteiger charge is 2.44. The Hall–Kier alpha value is 0.990. The van der Waals surface area contributed by atoms with Crippen molar-refractivity contribution in [2.24, 2.45) is 10.8 Å². The summed E-state index contributed by atoms with van der Waals surface area (Å²) < 4.78 is 0. The van der Waals surface area contributed by atoms with Gasteiger partial charge in [-0.25, -0.2) is 14.3 Å². The van der Waals surface area contributed by atoms with Crippen LogP contribution in [0.15, 0.2) is 0 Å². The van der Waals surface area contributed by atoms with Crippen LogP contribution in [0, 0.1) is 10.8 Å². The highest BCUT2D eigenvalue weighted by molar-refractivity contribution is 8.11. The fraction of sp³-hybridized carbons (Fsp3) is 1.00. The topological polar surface area (TPSA) is 0 Å². The van der Waals surface area contributed by atoms with Crippen LogP contribution in [0.4, 0.5) is 0 Å². The van der Waals surface area contributed by atoms with Gasteiger partial charge in [-0.1, -0.05) is 41.5 Å². The molecule has 0 fully saturated rings. The summed E-state index contributed by atoms with van der Waals surface area (Å²) in [6.45, 7) is 28.0. The van der Waals surface area contributed by atoms with E-state index in [0.717, 1.165) is 18.7 Å². The molecule has 0 aromatic rings. The first-order chi connectivity index (χ1) is 9.62. The largest absolute Gasteiger partial charge is 0.301 e. The second-order valence-electron chi connectivity index (χ2n) is 11.8. The minimum Gasteiger partial charge on any atom is -0.301 e. The van der Waals surface area contributed by atoms with Gasteiger partial charge in [0, 0.05) is 23.6 Å². The minimum atomic E-state index is -1.60. The average Bonchev–Trinajstić information content (AvgIpc) is 2.05. The van der Waals surface area contributed by atoms with Gasteiger partial charge < -0.3 is 15.1 Å². The molecule has 0 bridgehead atoms. The Morgan fingerprint density at radius 1 is 0.565 bits per heavy atom. The Balaban J connectivity index is 5.41. The van der Waals surface area contributed by atoms with Gasteiger partial charge in [0.2, 0.25) is 0 Å². The molecular weight excluding hydrogens is 312 g/mol. The Labute approximate surface area is 152 Å².